The summed E-state index contributed by atoms with van der Waals surface area (Å²) in [5, 5.41) is 3.45. The van der Waals surface area contributed by atoms with Gasteiger partial charge in [0.05, 0.1) is 27.1 Å². The van der Waals surface area contributed by atoms with Crippen molar-refractivity contribution in [2.45, 2.75) is 20.3 Å². The van der Waals surface area contributed by atoms with Crippen LogP contribution in [0, 0.1) is 13.8 Å². The lowest BCUT2D eigenvalue weighted by Crippen LogP contribution is -3.05. The number of hydrogen-bond acceptors (Lipinski definition) is 2. The fraction of sp³-hybridized carbons (Fsp3) is 0.429. The second-order valence-corrected chi connectivity index (χ2v) is 5.49. The van der Waals surface area contributed by atoms with E-state index in [2.05, 4.69) is 16.2 Å². The lowest BCUT2D eigenvalue weighted by molar-refractivity contribution is -0.857. The molecule has 0 spiro atoms. The summed E-state index contributed by atoms with van der Waals surface area (Å²) in [6, 6.07) is 5.96. The number of aryl methyl sites for hydroxylation is 1. The number of thiocarbonyl (C=S) groups is 1. The minimum Gasteiger partial charge on any atom is -0.339 e. The molecule has 0 fully saturated rings. The summed E-state index contributed by atoms with van der Waals surface area (Å²) >= 11 is 5.15. The average Bonchev–Trinajstić information content (AvgIpc) is 2.39. The first-order valence-electron chi connectivity index (χ1n) is 6.61. The van der Waals surface area contributed by atoms with E-state index in [1.54, 1.807) is 0 Å². The number of carbonyl (C=O) groups is 1. The molecule has 0 saturated heterocycles. The molecule has 0 atom stereocenters. The van der Waals surface area contributed by atoms with Gasteiger partial charge in [-0.2, -0.15) is 0 Å². The Kier molecular flexibility index (Phi) is 6.41. The van der Waals surface area contributed by atoms with Crippen LogP contribution in [0.3, 0.4) is 0 Å². The minimum absolute atomic E-state index is 0.0729. The highest BCUT2D eigenvalue weighted by atomic mass is 32.1. The van der Waals surface area contributed by atoms with E-state index < -0.39 is 0 Å². The third kappa shape index (κ3) is 5.54. The van der Waals surface area contributed by atoms with Gasteiger partial charge in [-0.1, -0.05) is 12.1 Å². The Labute approximate surface area is 125 Å². The van der Waals surface area contributed by atoms with Gasteiger partial charge in [0.15, 0.2) is 5.11 Å². The molecule has 20 heavy (non-hydrogen) atoms. The highest BCUT2D eigenvalue weighted by molar-refractivity contribution is 7.80. The molecule has 0 heterocycles. The van der Waals surface area contributed by atoms with Crippen LogP contribution in [0.15, 0.2) is 18.2 Å². The monoisotopic (exact) mass is 295 g/mol. The Morgan fingerprint density at radius 2 is 1.95 bits per heavy atom. The van der Waals surface area contributed by atoms with Crippen molar-refractivity contribution in [3.8, 4) is 0 Å². The average molecular weight is 295 g/mol. The summed E-state index contributed by atoms with van der Waals surface area (Å²) in [6.07, 6.45) is 0.460. The number of hydrogen-bond donors (Lipinski definition) is 4. The Hall–Kier alpha value is -1.66. The molecule has 0 aliphatic heterocycles. The van der Waals surface area contributed by atoms with Crippen molar-refractivity contribution in [1.82, 2.24) is 10.9 Å². The molecule has 0 radical (unpaired) electrons. The first-order chi connectivity index (χ1) is 9.40. The summed E-state index contributed by atoms with van der Waals surface area (Å²) in [5.41, 5.74) is 8.57. The Balaban J connectivity index is 2.40. The quantitative estimate of drug-likeness (QED) is 0.472. The van der Waals surface area contributed by atoms with Crippen LogP contribution in [0.25, 0.3) is 0 Å². The summed E-state index contributed by atoms with van der Waals surface area (Å²) in [6.45, 7) is 4.85. The first-order valence-corrected chi connectivity index (χ1v) is 7.02. The molecular weight excluding hydrogens is 272 g/mol. The predicted molar refractivity (Wildman–Crippen MR) is 85.7 cm³/mol. The Morgan fingerprint density at radius 3 is 2.60 bits per heavy atom. The zero-order valence-corrected chi connectivity index (χ0v) is 13.3. The van der Waals surface area contributed by atoms with Crippen molar-refractivity contribution in [2.75, 3.05) is 26.0 Å². The van der Waals surface area contributed by atoms with Crippen molar-refractivity contribution in [2.24, 2.45) is 0 Å². The van der Waals surface area contributed by atoms with Gasteiger partial charge in [0.1, 0.15) is 0 Å². The van der Waals surface area contributed by atoms with Crippen LogP contribution < -0.4 is 21.1 Å². The molecule has 1 amide bonds. The SMILES string of the molecule is Cc1cccc(NC(=S)NNC(=O)CC[NH+](C)C)c1C. The minimum atomic E-state index is -0.0729. The molecule has 0 aliphatic rings. The van der Waals surface area contributed by atoms with E-state index in [-0.39, 0.29) is 5.91 Å². The standard InChI is InChI=1S/C14H22N4OS/c1-10-6-5-7-12(11(10)2)15-14(20)17-16-13(19)8-9-18(3)4/h5-7H,8-9H2,1-4H3,(H,16,19)(H2,15,17,20)/p+1. The molecule has 0 aliphatic carbocycles. The summed E-state index contributed by atoms with van der Waals surface area (Å²) < 4.78 is 0. The van der Waals surface area contributed by atoms with E-state index >= 15 is 0 Å². The maximum Gasteiger partial charge on any atom is 0.244 e. The van der Waals surface area contributed by atoms with Crippen molar-refractivity contribution < 1.29 is 9.69 Å². The van der Waals surface area contributed by atoms with Gasteiger partial charge in [-0.05, 0) is 43.3 Å². The number of quaternary nitrogens is 1. The fourth-order valence-electron chi connectivity index (χ4n) is 1.59. The van der Waals surface area contributed by atoms with Crippen LogP contribution in [0.4, 0.5) is 5.69 Å². The fourth-order valence-corrected chi connectivity index (χ4v) is 1.75. The number of carbonyl (C=O) groups excluding carboxylic acids is 1. The van der Waals surface area contributed by atoms with Gasteiger partial charge < -0.3 is 10.2 Å². The number of benzene rings is 1. The van der Waals surface area contributed by atoms with Crippen LogP contribution in [0.5, 0.6) is 0 Å². The molecule has 5 nitrogen and oxygen atoms in total. The molecule has 4 N–H and O–H groups in total. The van der Waals surface area contributed by atoms with Gasteiger partial charge in [0, 0.05) is 5.69 Å². The highest BCUT2D eigenvalue weighted by Crippen LogP contribution is 2.17. The second-order valence-electron chi connectivity index (χ2n) is 5.08. The number of hydrazine groups is 1. The summed E-state index contributed by atoms with van der Waals surface area (Å²) in [7, 11) is 4.01. The first kappa shape index (κ1) is 16.4. The van der Waals surface area contributed by atoms with E-state index in [1.165, 1.54) is 10.5 Å². The molecule has 1 aromatic carbocycles. The molecule has 0 unspecified atom stereocenters. The molecule has 0 aromatic heterocycles. The maximum atomic E-state index is 11.6. The third-order valence-electron chi connectivity index (χ3n) is 3.02. The van der Waals surface area contributed by atoms with Gasteiger partial charge in [-0.3, -0.25) is 15.6 Å². The Morgan fingerprint density at radius 1 is 1.25 bits per heavy atom. The zero-order valence-electron chi connectivity index (χ0n) is 12.5. The van der Waals surface area contributed by atoms with Crippen LogP contribution in [-0.4, -0.2) is 31.7 Å². The summed E-state index contributed by atoms with van der Waals surface area (Å²) in [4.78, 5) is 12.8. The lowest BCUT2D eigenvalue weighted by Gasteiger charge is -2.14. The van der Waals surface area contributed by atoms with Crippen molar-refractivity contribution in [3.63, 3.8) is 0 Å². The topological polar surface area (TPSA) is 57.6 Å². The predicted octanol–water partition coefficient (Wildman–Crippen LogP) is 0.156. The van der Waals surface area contributed by atoms with Gasteiger partial charge in [0.2, 0.25) is 5.91 Å². The molecule has 6 heteroatoms. The number of anilines is 1. The Bertz CT molecular complexity index is 488. The summed E-state index contributed by atoms with van der Waals surface area (Å²) in [5.74, 6) is -0.0729. The number of rotatable bonds is 4. The van der Waals surface area contributed by atoms with E-state index in [1.807, 2.05) is 46.1 Å². The van der Waals surface area contributed by atoms with Crippen molar-refractivity contribution in [3.05, 3.63) is 29.3 Å². The number of amides is 1. The van der Waals surface area contributed by atoms with Gasteiger partial charge in [0.25, 0.3) is 0 Å². The molecule has 0 saturated carbocycles. The van der Waals surface area contributed by atoms with Crippen LogP contribution in [0.1, 0.15) is 17.5 Å². The van der Waals surface area contributed by atoms with E-state index in [4.69, 9.17) is 12.2 Å². The van der Waals surface area contributed by atoms with Crippen LogP contribution in [-0.2, 0) is 4.79 Å². The molecule has 1 rings (SSSR count). The van der Waals surface area contributed by atoms with Gasteiger partial charge in [-0.25, -0.2) is 0 Å². The normalized spacial score (nSPS) is 10.2. The van der Waals surface area contributed by atoms with Crippen molar-refractivity contribution >= 4 is 28.9 Å². The molecular formula is C14H23N4OS+. The molecule has 110 valence electrons. The van der Waals surface area contributed by atoms with E-state index in [0.717, 1.165) is 17.8 Å². The maximum absolute atomic E-state index is 11.6. The highest BCUT2D eigenvalue weighted by Gasteiger charge is 2.06. The van der Waals surface area contributed by atoms with Gasteiger partial charge >= 0.3 is 0 Å². The largest absolute Gasteiger partial charge is 0.339 e. The zero-order chi connectivity index (χ0) is 15.1. The molecule has 1 aromatic rings. The van der Waals surface area contributed by atoms with Gasteiger partial charge in [-0.15, -0.1) is 0 Å². The van der Waals surface area contributed by atoms with Crippen LogP contribution >= 0.6 is 12.2 Å². The van der Waals surface area contributed by atoms with E-state index in [9.17, 15) is 4.79 Å². The smallest absolute Gasteiger partial charge is 0.244 e. The van der Waals surface area contributed by atoms with E-state index in [0.29, 0.717) is 11.5 Å². The second kappa shape index (κ2) is 7.81. The molecule has 0 bridgehead atoms. The number of nitrogens with one attached hydrogen (secondary N) is 4. The third-order valence-corrected chi connectivity index (χ3v) is 3.22. The van der Waals surface area contributed by atoms with Crippen molar-refractivity contribution in [1.29, 1.82) is 0 Å². The van der Waals surface area contributed by atoms with Crippen LogP contribution in [0.2, 0.25) is 0 Å². The lowest BCUT2D eigenvalue weighted by atomic mass is 10.1.